The third-order valence-corrected chi connectivity index (χ3v) is 6.17. The molecule has 0 unspecified atom stereocenters. The molecule has 4 aromatic carbocycles. The standard InChI is InChI=1S/C31H19F11O2/c1-2-3-16-4-6-17(7-5-16)18-10-23(33)28(24(34)11-18)31(41,42)43-20-8-9-21(22(32)14-20)19-12-25(35)29(26(36)13-19)44-30(39,40)15-27(37)38/h4-15H,2-3H2,1H3. The smallest absolute Gasteiger partial charge is 0.429 e. The van der Waals surface area contributed by atoms with Crippen molar-refractivity contribution in [1.82, 2.24) is 0 Å². The molecule has 0 aliphatic carbocycles. The summed E-state index contributed by atoms with van der Waals surface area (Å²) in [7, 11) is 0. The molecule has 44 heavy (non-hydrogen) atoms. The van der Waals surface area contributed by atoms with Crippen LogP contribution in [0.4, 0.5) is 48.3 Å². The number of benzene rings is 4. The summed E-state index contributed by atoms with van der Waals surface area (Å²) in [5.41, 5.74) is -1.72. The second-order valence-electron chi connectivity index (χ2n) is 9.39. The lowest BCUT2D eigenvalue weighted by Crippen LogP contribution is -2.25. The molecule has 0 aliphatic heterocycles. The number of alkyl halides is 4. The number of hydrogen-bond donors (Lipinski definition) is 0. The molecule has 0 amide bonds. The van der Waals surface area contributed by atoms with Crippen molar-refractivity contribution in [2.45, 2.75) is 32.0 Å². The van der Waals surface area contributed by atoms with Gasteiger partial charge in [0.05, 0.1) is 6.08 Å². The van der Waals surface area contributed by atoms with E-state index < -0.39 is 81.6 Å². The Bertz CT molecular complexity index is 1650. The Labute approximate surface area is 243 Å². The van der Waals surface area contributed by atoms with Crippen LogP contribution in [-0.4, -0.2) is 6.11 Å². The van der Waals surface area contributed by atoms with Gasteiger partial charge in [0.25, 0.3) is 6.08 Å². The molecule has 2 nitrogen and oxygen atoms in total. The second-order valence-corrected chi connectivity index (χ2v) is 9.39. The molecule has 0 aliphatic rings. The van der Waals surface area contributed by atoms with Crippen LogP contribution in [0.5, 0.6) is 11.5 Å². The van der Waals surface area contributed by atoms with Crippen LogP contribution in [0.2, 0.25) is 0 Å². The van der Waals surface area contributed by atoms with E-state index in [4.69, 9.17) is 0 Å². The van der Waals surface area contributed by atoms with Crippen molar-refractivity contribution in [3.8, 4) is 33.8 Å². The van der Waals surface area contributed by atoms with Gasteiger partial charge in [0.15, 0.2) is 17.4 Å². The molecule has 4 aromatic rings. The molecule has 0 spiro atoms. The minimum Gasteiger partial charge on any atom is -0.429 e. The zero-order valence-corrected chi connectivity index (χ0v) is 22.3. The summed E-state index contributed by atoms with van der Waals surface area (Å²) < 4.78 is 162. The van der Waals surface area contributed by atoms with E-state index in [0.717, 1.165) is 18.4 Å². The Morgan fingerprint density at radius 2 is 1.23 bits per heavy atom. The van der Waals surface area contributed by atoms with E-state index in [1.165, 1.54) is 0 Å². The van der Waals surface area contributed by atoms with Crippen molar-refractivity contribution in [1.29, 1.82) is 0 Å². The van der Waals surface area contributed by atoms with Gasteiger partial charge in [-0.25, -0.2) is 22.0 Å². The van der Waals surface area contributed by atoms with Crippen molar-refractivity contribution in [3.05, 3.63) is 119 Å². The van der Waals surface area contributed by atoms with Crippen LogP contribution in [0.3, 0.4) is 0 Å². The highest BCUT2D eigenvalue weighted by atomic mass is 19.3. The maximum Gasteiger partial charge on any atom is 0.432 e. The van der Waals surface area contributed by atoms with Crippen molar-refractivity contribution < 1.29 is 57.8 Å². The topological polar surface area (TPSA) is 18.5 Å². The number of ether oxygens (including phenoxy) is 2. The zero-order valence-electron chi connectivity index (χ0n) is 22.3. The van der Waals surface area contributed by atoms with Gasteiger partial charge in [0.1, 0.15) is 28.8 Å². The third kappa shape index (κ3) is 7.32. The number of rotatable bonds is 10. The van der Waals surface area contributed by atoms with Gasteiger partial charge in [0.2, 0.25) is 0 Å². The predicted molar refractivity (Wildman–Crippen MR) is 138 cm³/mol. The fourth-order valence-electron chi connectivity index (χ4n) is 4.27. The molecule has 4 rings (SSSR count). The summed E-state index contributed by atoms with van der Waals surface area (Å²) in [6, 6.07) is 10.4. The summed E-state index contributed by atoms with van der Waals surface area (Å²) in [5, 5.41) is 0. The van der Waals surface area contributed by atoms with Gasteiger partial charge in [0, 0.05) is 11.6 Å². The molecule has 0 radical (unpaired) electrons. The van der Waals surface area contributed by atoms with Crippen LogP contribution >= 0.6 is 0 Å². The average Bonchev–Trinajstić information content (AvgIpc) is 2.90. The second kappa shape index (κ2) is 12.6. The van der Waals surface area contributed by atoms with E-state index in [1.54, 1.807) is 24.3 Å². The monoisotopic (exact) mass is 632 g/mol. The highest BCUT2D eigenvalue weighted by Crippen LogP contribution is 2.39. The largest absolute Gasteiger partial charge is 0.432 e. The Kier molecular flexibility index (Phi) is 9.26. The van der Waals surface area contributed by atoms with Gasteiger partial charge in [-0.05, 0) is 65.1 Å². The summed E-state index contributed by atoms with van der Waals surface area (Å²) in [4.78, 5) is 0. The zero-order chi connectivity index (χ0) is 32.4. The maximum absolute atomic E-state index is 14.9. The van der Waals surface area contributed by atoms with Crippen LogP contribution < -0.4 is 9.47 Å². The highest BCUT2D eigenvalue weighted by Gasteiger charge is 2.41. The molecule has 0 bridgehead atoms. The number of aryl methyl sites for hydroxylation is 1. The number of hydrogen-bond acceptors (Lipinski definition) is 2. The van der Waals surface area contributed by atoms with Crippen molar-refractivity contribution in [2.24, 2.45) is 0 Å². The van der Waals surface area contributed by atoms with Gasteiger partial charge < -0.3 is 9.47 Å². The highest BCUT2D eigenvalue weighted by molar-refractivity contribution is 5.67. The van der Waals surface area contributed by atoms with Crippen LogP contribution in [0.25, 0.3) is 22.3 Å². The maximum atomic E-state index is 14.9. The first-order chi connectivity index (χ1) is 20.6. The minimum absolute atomic E-state index is 0.0244. The quantitative estimate of drug-likeness (QED) is 0.162. The van der Waals surface area contributed by atoms with Crippen LogP contribution in [0.15, 0.2) is 78.9 Å². The van der Waals surface area contributed by atoms with E-state index in [0.29, 0.717) is 48.0 Å². The van der Waals surface area contributed by atoms with E-state index in [1.807, 2.05) is 6.92 Å². The summed E-state index contributed by atoms with van der Waals surface area (Å²) >= 11 is 0. The Hall–Kier alpha value is -4.55. The first-order valence-electron chi connectivity index (χ1n) is 12.7. The first-order valence-corrected chi connectivity index (χ1v) is 12.7. The Morgan fingerprint density at radius 1 is 0.659 bits per heavy atom. The molecular formula is C31H19F11O2. The van der Waals surface area contributed by atoms with Gasteiger partial charge in [-0.15, -0.1) is 0 Å². The van der Waals surface area contributed by atoms with Crippen LogP contribution in [-0.2, 0) is 12.5 Å². The molecule has 0 fully saturated rings. The lowest BCUT2D eigenvalue weighted by molar-refractivity contribution is -0.189. The normalized spacial score (nSPS) is 11.8. The van der Waals surface area contributed by atoms with E-state index >= 15 is 0 Å². The number of halogens is 11. The summed E-state index contributed by atoms with van der Waals surface area (Å²) in [6.45, 7) is 1.97. The van der Waals surface area contributed by atoms with Crippen LogP contribution in [0.1, 0.15) is 24.5 Å². The van der Waals surface area contributed by atoms with Gasteiger partial charge in [-0.1, -0.05) is 37.6 Å². The van der Waals surface area contributed by atoms with E-state index in [9.17, 15) is 48.3 Å². The molecule has 0 atom stereocenters. The van der Waals surface area contributed by atoms with Gasteiger partial charge in [-0.2, -0.15) is 26.3 Å². The lowest BCUT2D eigenvalue weighted by atomic mass is 10.00. The van der Waals surface area contributed by atoms with Crippen molar-refractivity contribution in [3.63, 3.8) is 0 Å². The van der Waals surface area contributed by atoms with Gasteiger partial charge in [-0.3, -0.25) is 0 Å². The Balaban J connectivity index is 1.58. The SMILES string of the molecule is CCCc1ccc(-c2cc(F)c(C(F)(F)Oc3ccc(-c4cc(F)c(OC(F)(F)C=C(F)F)c(F)c4)c(F)c3)c(F)c2)cc1. The molecule has 0 heterocycles. The molecule has 0 aromatic heterocycles. The van der Waals surface area contributed by atoms with Gasteiger partial charge >= 0.3 is 12.2 Å². The molecule has 13 heteroatoms. The summed E-state index contributed by atoms with van der Waals surface area (Å²) in [6.07, 6.45) is -11.7. The molecule has 0 N–H and O–H groups in total. The summed E-state index contributed by atoms with van der Waals surface area (Å²) in [5.74, 6) is -11.1. The molecular weight excluding hydrogens is 613 g/mol. The van der Waals surface area contributed by atoms with Crippen molar-refractivity contribution in [2.75, 3.05) is 0 Å². The third-order valence-electron chi connectivity index (χ3n) is 6.17. The van der Waals surface area contributed by atoms with Crippen LogP contribution in [0, 0.1) is 29.1 Å². The average molecular weight is 632 g/mol. The fourth-order valence-corrected chi connectivity index (χ4v) is 4.27. The molecule has 0 saturated carbocycles. The first kappa shape index (κ1) is 32.4. The minimum atomic E-state index is -4.80. The predicted octanol–water partition coefficient (Wildman–Crippen LogP) is 10.5. The lowest BCUT2D eigenvalue weighted by Gasteiger charge is -2.20. The molecule has 232 valence electrons. The Morgan fingerprint density at radius 3 is 1.75 bits per heavy atom. The fraction of sp³-hybridized carbons (Fsp3) is 0.161. The molecule has 0 saturated heterocycles. The van der Waals surface area contributed by atoms with Crippen molar-refractivity contribution >= 4 is 0 Å². The van der Waals surface area contributed by atoms with E-state index in [-0.39, 0.29) is 5.56 Å². The van der Waals surface area contributed by atoms with E-state index in [2.05, 4.69) is 9.47 Å².